The molecule has 0 heteroatoms. The fourth-order valence-corrected chi connectivity index (χ4v) is 1.01. The third-order valence-corrected chi connectivity index (χ3v) is 1.74. The summed E-state index contributed by atoms with van der Waals surface area (Å²) in [6.07, 6.45) is 9.55. The maximum absolute atomic E-state index is 3.89. The Kier molecular flexibility index (Phi) is 4.22. The van der Waals surface area contributed by atoms with Crippen LogP contribution in [0.25, 0.3) is 6.08 Å². The van der Waals surface area contributed by atoms with Crippen LogP contribution in [0.1, 0.15) is 5.56 Å². The Bertz CT molecular complexity index is 353. The van der Waals surface area contributed by atoms with Gasteiger partial charge in [0, 0.05) is 0 Å². The van der Waals surface area contributed by atoms with Gasteiger partial charge in [0.15, 0.2) is 0 Å². The van der Waals surface area contributed by atoms with Crippen LogP contribution in [0, 0.1) is 0 Å². The van der Waals surface area contributed by atoms with Gasteiger partial charge in [-0.15, -0.1) is 0 Å². The Morgan fingerprint density at radius 2 is 1.79 bits per heavy atom. The van der Waals surface area contributed by atoms with Gasteiger partial charge in [-0.3, -0.25) is 0 Å². The minimum Gasteiger partial charge on any atom is -0.0991 e. The fourth-order valence-electron chi connectivity index (χ4n) is 1.01. The highest BCUT2D eigenvalue weighted by atomic mass is 13.9. The summed E-state index contributed by atoms with van der Waals surface area (Å²) in [6, 6.07) is 10.1. The number of rotatable bonds is 4. The Hall–Kier alpha value is -1.82. The third kappa shape index (κ3) is 3.72. The van der Waals surface area contributed by atoms with E-state index in [0.717, 1.165) is 5.57 Å². The molecule has 1 aromatic rings. The first-order valence-electron chi connectivity index (χ1n) is 4.54. The Balaban J connectivity index is 2.60. The molecule has 1 rings (SSSR count). The molecule has 0 spiro atoms. The summed E-state index contributed by atoms with van der Waals surface area (Å²) < 4.78 is 0. The van der Waals surface area contributed by atoms with E-state index in [1.165, 1.54) is 5.56 Å². The average Bonchev–Trinajstić information content (AvgIpc) is 2.25. The van der Waals surface area contributed by atoms with Crippen LogP contribution in [0.4, 0.5) is 0 Å². The monoisotopic (exact) mass is 182 g/mol. The number of hydrogen-bond donors (Lipinski definition) is 0. The summed E-state index contributed by atoms with van der Waals surface area (Å²) in [5.74, 6) is 0. The molecule has 0 atom stereocenters. The van der Waals surface area contributed by atoms with Crippen molar-refractivity contribution < 1.29 is 0 Å². The summed E-state index contributed by atoms with van der Waals surface area (Å²) in [5, 5.41) is 0. The zero-order valence-electron chi connectivity index (χ0n) is 8.19. The predicted molar refractivity (Wildman–Crippen MR) is 64.0 cm³/mol. The van der Waals surface area contributed by atoms with Gasteiger partial charge in [-0.2, -0.15) is 0 Å². The van der Waals surface area contributed by atoms with Gasteiger partial charge in [-0.25, -0.2) is 0 Å². The molecule has 0 radical (unpaired) electrons. The van der Waals surface area contributed by atoms with E-state index in [2.05, 4.69) is 25.3 Å². The smallest absolute Gasteiger partial charge is 0.0256 e. The molecule has 0 fully saturated rings. The molecule has 70 valence electrons. The largest absolute Gasteiger partial charge is 0.0991 e. The summed E-state index contributed by atoms with van der Waals surface area (Å²) >= 11 is 0. The molecule has 0 amide bonds. The van der Waals surface area contributed by atoms with Gasteiger partial charge in [-0.1, -0.05) is 73.9 Å². The molecular weight excluding hydrogens is 168 g/mol. The molecule has 0 saturated heterocycles. The van der Waals surface area contributed by atoms with Crippen molar-refractivity contribution in [1.29, 1.82) is 0 Å². The van der Waals surface area contributed by atoms with Crippen LogP contribution in [0.3, 0.4) is 0 Å². The number of hydrogen-bond acceptors (Lipinski definition) is 0. The molecule has 0 N–H and O–H groups in total. The van der Waals surface area contributed by atoms with Crippen molar-refractivity contribution in [3.05, 3.63) is 78.9 Å². The zero-order valence-corrected chi connectivity index (χ0v) is 8.19. The van der Waals surface area contributed by atoms with Gasteiger partial charge in [0.25, 0.3) is 0 Å². The van der Waals surface area contributed by atoms with E-state index < -0.39 is 0 Å². The molecule has 0 aliphatic carbocycles. The Morgan fingerprint density at radius 1 is 1.07 bits per heavy atom. The lowest BCUT2D eigenvalue weighted by atomic mass is 10.1. The summed E-state index contributed by atoms with van der Waals surface area (Å²) in [7, 11) is 0. The summed E-state index contributed by atoms with van der Waals surface area (Å²) in [5.41, 5.74) is 2.15. The van der Waals surface area contributed by atoms with Crippen LogP contribution in [0.15, 0.2) is 73.4 Å². The van der Waals surface area contributed by atoms with Crippen LogP contribution in [-0.2, 0) is 0 Å². The second-order valence-electron chi connectivity index (χ2n) is 2.91. The van der Waals surface area contributed by atoms with Crippen LogP contribution >= 0.6 is 0 Å². The molecule has 0 saturated carbocycles. The average molecular weight is 182 g/mol. The van der Waals surface area contributed by atoms with Crippen molar-refractivity contribution in [3.63, 3.8) is 0 Å². The molecular formula is C14H14. The lowest BCUT2D eigenvalue weighted by Gasteiger charge is -1.91. The van der Waals surface area contributed by atoms with E-state index in [1.54, 1.807) is 6.08 Å². The van der Waals surface area contributed by atoms with Crippen molar-refractivity contribution in [2.75, 3.05) is 0 Å². The zero-order chi connectivity index (χ0) is 10.2. The number of allylic oxidation sites excluding steroid dienone is 5. The first-order valence-corrected chi connectivity index (χ1v) is 4.54. The maximum Gasteiger partial charge on any atom is -0.0256 e. The summed E-state index contributed by atoms with van der Waals surface area (Å²) in [6.45, 7) is 7.48. The fraction of sp³-hybridized carbons (Fsp3) is 0. The van der Waals surface area contributed by atoms with Gasteiger partial charge in [0.05, 0.1) is 0 Å². The molecule has 0 nitrogen and oxygen atoms in total. The molecule has 0 heterocycles. The van der Waals surface area contributed by atoms with E-state index >= 15 is 0 Å². The topological polar surface area (TPSA) is 0 Å². The molecule has 1 aromatic carbocycles. The Labute approximate surface area is 85.6 Å². The van der Waals surface area contributed by atoms with Gasteiger partial charge in [0.2, 0.25) is 0 Å². The van der Waals surface area contributed by atoms with E-state index in [1.807, 2.05) is 42.5 Å². The second kappa shape index (κ2) is 5.76. The highest BCUT2D eigenvalue weighted by molar-refractivity contribution is 5.53. The van der Waals surface area contributed by atoms with Gasteiger partial charge in [-0.05, 0) is 11.1 Å². The van der Waals surface area contributed by atoms with Crippen LogP contribution in [0.2, 0.25) is 0 Å². The predicted octanol–water partition coefficient (Wildman–Crippen LogP) is 4.00. The van der Waals surface area contributed by atoms with Crippen molar-refractivity contribution in [2.24, 2.45) is 0 Å². The van der Waals surface area contributed by atoms with E-state index in [-0.39, 0.29) is 0 Å². The van der Waals surface area contributed by atoms with E-state index in [4.69, 9.17) is 0 Å². The quantitative estimate of drug-likeness (QED) is 0.617. The van der Waals surface area contributed by atoms with Crippen LogP contribution in [-0.4, -0.2) is 0 Å². The molecule has 14 heavy (non-hydrogen) atoms. The summed E-state index contributed by atoms with van der Waals surface area (Å²) in [4.78, 5) is 0. The van der Waals surface area contributed by atoms with Crippen molar-refractivity contribution in [1.82, 2.24) is 0 Å². The van der Waals surface area contributed by atoms with Crippen molar-refractivity contribution >= 4 is 6.08 Å². The highest BCUT2D eigenvalue weighted by Gasteiger charge is 1.82. The molecule has 0 unspecified atom stereocenters. The molecule has 0 aliphatic heterocycles. The first-order chi connectivity index (χ1) is 6.83. The van der Waals surface area contributed by atoms with Gasteiger partial charge < -0.3 is 0 Å². The Morgan fingerprint density at radius 3 is 2.43 bits per heavy atom. The normalized spacial score (nSPS) is 10.9. The number of benzene rings is 1. The van der Waals surface area contributed by atoms with E-state index in [0.29, 0.717) is 0 Å². The van der Waals surface area contributed by atoms with Crippen LogP contribution in [0.5, 0.6) is 0 Å². The maximum atomic E-state index is 3.89. The van der Waals surface area contributed by atoms with Crippen molar-refractivity contribution in [3.8, 4) is 0 Å². The van der Waals surface area contributed by atoms with Crippen molar-refractivity contribution in [2.45, 2.75) is 0 Å². The van der Waals surface area contributed by atoms with Gasteiger partial charge in [0.1, 0.15) is 0 Å². The minimum absolute atomic E-state index is 0.966. The molecule has 0 aliphatic rings. The van der Waals surface area contributed by atoms with Crippen LogP contribution < -0.4 is 0 Å². The SMILES string of the molecule is C=CC=CC(=C)C=Cc1ccccc1. The third-order valence-electron chi connectivity index (χ3n) is 1.74. The molecule has 0 bridgehead atoms. The lowest BCUT2D eigenvalue weighted by Crippen LogP contribution is -1.70. The minimum atomic E-state index is 0.966. The lowest BCUT2D eigenvalue weighted by molar-refractivity contribution is 1.65. The van der Waals surface area contributed by atoms with Gasteiger partial charge >= 0.3 is 0 Å². The van der Waals surface area contributed by atoms with E-state index in [9.17, 15) is 0 Å². The second-order valence-corrected chi connectivity index (χ2v) is 2.91. The standard InChI is InChI=1S/C14H14/c1-3-4-8-13(2)11-12-14-9-6-5-7-10-14/h3-12H,1-2H2. The first kappa shape index (κ1) is 10.3. The highest BCUT2D eigenvalue weighted by Crippen LogP contribution is 2.04. The molecule has 0 aromatic heterocycles.